The Balaban J connectivity index is 0. The van der Waals surface area contributed by atoms with E-state index in [9.17, 15) is 0 Å². The molecule has 10 rings (SSSR count). The molecule has 0 radical (unpaired) electrons. The summed E-state index contributed by atoms with van der Waals surface area (Å²) in [4.78, 5) is 8.86. The van der Waals surface area contributed by atoms with Gasteiger partial charge in [0.15, 0.2) is 0 Å². The first-order chi connectivity index (χ1) is 65.9. The second kappa shape index (κ2) is 81.7. The van der Waals surface area contributed by atoms with Crippen molar-refractivity contribution >= 4 is 326 Å². The molecule has 143 heavy (non-hydrogen) atoms. The minimum Gasteiger partial charge on any atom is -0.789 e. The van der Waals surface area contributed by atoms with E-state index in [4.69, 9.17) is 212 Å². The van der Waals surface area contributed by atoms with Crippen molar-refractivity contribution in [3.8, 4) is 11.5 Å². The van der Waals surface area contributed by atoms with Gasteiger partial charge in [-0.3, -0.25) is 0 Å². The molecule has 0 aromatic heterocycles. The summed E-state index contributed by atoms with van der Waals surface area (Å²) >= 11 is 97.6. The summed E-state index contributed by atoms with van der Waals surface area (Å²) in [6.45, 7) is 46.7. The van der Waals surface area contributed by atoms with Crippen LogP contribution < -0.4 is 9.47 Å². The van der Waals surface area contributed by atoms with E-state index < -0.39 is 0 Å². The van der Waals surface area contributed by atoms with Crippen molar-refractivity contribution in [2.24, 2.45) is 11.8 Å². The van der Waals surface area contributed by atoms with Gasteiger partial charge in [-0.1, -0.05) is 323 Å². The normalized spacial score (nSPS) is 12.7. The standard InChI is InChI=1S/C22H28S2.C17H26OS2.C16H16S4.C14H20OS2.C14H12S4.C14H12S2.2C8H16S4.4Ni/c1-5-15(3)17-7-11-19(12-8-17)21(23)22(24)20-13-9-18(10-14-20)16(4)6-2;1-5-13(4)14-6-7-16(18-9-8-12(2)3)15(10-14)17(20)11-19;1-11-3-7-13(8-4-11)19-15(17)16(18)20-14-9-5-12(2)6-10-14;1-10(2)6-7-15-13-5-4-11(3)8-12(13)14(17)9-16;15-13(17-11-7-3-1-4-8-11)14(16)18-12-9-5-2-6-10-12;15-13(11-7-3-1-4-8-11)14(16)12-9-5-2-6-10-12;2*1-5(2)11-7(9)8(10)12-6(3)4;;;;/h7-16,23-24H,5-6H2,1-4H3;6-7,10-13,19-20H,5,8-9H2,1-4H3;3-10,17-18H,1-2H3;4-5,8-10,16-17H,6-7H2,1-3H3;1-10,15-16H;1-10,15-16H;2*5-6,9-10H,1-4H3;;;;/p-16. The maximum Gasteiger partial charge on any atom is 0.124 e. The topological polar surface area (TPSA) is 18.5 Å². The van der Waals surface area contributed by atoms with Gasteiger partial charge < -0.3 is 212 Å². The Labute approximate surface area is 1030 Å². The number of thioether (sulfide) groups is 8. The fourth-order valence-corrected chi connectivity index (χ4v) is 22.9. The Morgan fingerprint density at radius 1 is 0.266 bits per heavy atom. The number of hydrogen-bond acceptors (Lipinski definition) is 26. The summed E-state index contributed by atoms with van der Waals surface area (Å²) in [6.07, 6.45) is 5.47. The van der Waals surface area contributed by atoms with Gasteiger partial charge >= 0.3 is 0 Å². The molecule has 3 unspecified atom stereocenters. The third-order valence-corrected chi connectivity index (χ3v) is 36.0. The average molecular weight is 2520 g/mol. The first-order valence-electron chi connectivity index (χ1n) is 45.9. The average Bonchev–Trinajstić information content (AvgIpc) is 0.834. The summed E-state index contributed by atoms with van der Waals surface area (Å²) in [6, 6.07) is 85.9. The molecule has 0 saturated heterocycles. The van der Waals surface area contributed by atoms with Crippen molar-refractivity contribution in [3.05, 3.63) is 366 Å². The van der Waals surface area contributed by atoms with Crippen molar-refractivity contribution < 1.29 is 75.4 Å². The third-order valence-electron chi connectivity index (χ3n) is 19.6. The molecular weight excluding hydrogens is 2390 g/mol. The van der Waals surface area contributed by atoms with E-state index in [-0.39, 0.29) is 66.0 Å². The van der Waals surface area contributed by atoms with Gasteiger partial charge in [0.2, 0.25) is 0 Å². The van der Waals surface area contributed by atoms with Crippen LogP contribution in [-0.2, 0) is 268 Å². The fraction of sp³-hybridized carbons (Fsp3) is 0.327. The van der Waals surface area contributed by atoms with Gasteiger partial charge in [-0.25, -0.2) is 10.8 Å². The van der Waals surface area contributed by atoms with E-state index in [1.54, 1.807) is 99.5 Å². The predicted molar refractivity (Wildman–Crippen MR) is 675 cm³/mol. The zero-order valence-electron chi connectivity index (χ0n) is 84.4. The van der Waals surface area contributed by atoms with Crippen molar-refractivity contribution in [3.63, 3.8) is 0 Å². The Bertz CT molecular complexity index is 5160. The molecule has 0 N–H and O–H groups in total. The maximum atomic E-state index is 5.89. The SMILES string of the molecule is CC(C)SC([S-])=C([S-])SC(C)C.CC(C)SC([S-])=C([S-])SC(C)C.CCC(C)c1ccc(C([S-])=C([S-])c2ccc(C(C)CC)cc2)cc1.CCC(C)c1ccc(OCCC(C)C)c(C([S-])=C[S-])c1.Cc1ccc(OCCC(C)C)c(C([S-])=C[S-])c1.Cc1ccc(SC([S-])=C([S-])Sc2ccc(C)cc2)cc1.[Ni].[Ni].[Ni].[Ni].[S-]C(=C([S-])c1ccccc1)c1ccccc1.[S-]C(Sc1ccccc1)=C([S-])Sc1ccccc1. The number of aryl methyl sites for hydroxylation is 3. The van der Waals surface area contributed by atoms with Crippen LogP contribution in [0, 0.1) is 32.6 Å². The minimum atomic E-state index is 0. The zero-order valence-corrected chi connectivity index (χ0v) is 108. The predicted octanol–water partition coefficient (Wildman–Crippen LogP) is 36.2. The second-order valence-electron chi connectivity index (χ2n) is 33.6. The molecule has 0 aliphatic carbocycles. The third kappa shape index (κ3) is 60.5. The van der Waals surface area contributed by atoms with Gasteiger partial charge in [-0.2, -0.15) is 93.4 Å². The number of benzene rings is 10. The number of hydrogen-bond donors (Lipinski definition) is 0. The molecule has 10 aromatic carbocycles. The van der Waals surface area contributed by atoms with Crippen molar-refractivity contribution in [2.75, 3.05) is 13.2 Å². The van der Waals surface area contributed by atoms with Crippen LogP contribution in [0.15, 0.2) is 319 Å². The first-order valence-corrected chi connectivity index (χ1v) is 59.3. The minimum absolute atomic E-state index is 0. The van der Waals surface area contributed by atoms with Crippen LogP contribution in [0.4, 0.5) is 0 Å². The molecule has 0 fully saturated rings. The molecule has 0 heterocycles. The van der Waals surface area contributed by atoms with Crippen LogP contribution in [0.1, 0.15) is 241 Å². The molecule has 0 saturated carbocycles. The van der Waals surface area contributed by atoms with E-state index in [0.29, 0.717) is 73.6 Å². The summed E-state index contributed by atoms with van der Waals surface area (Å²) < 4.78 is 18.2. The molecule has 3 atom stereocenters. The van der Waals surface area contributed by atoms with Crippen LogP contribution in [-0.4, -0.2) is 34.2 Å². The molecule has 10 aromatic rings. The van der Waals surface area contributed by atoms with Gasteiger partial charge in [0.05, 0.1) is 13.2 Å². The monoisotopic (exact) mass is 2520 g/mol. The molecule has 794 valence electrons. The second-order valence-corrected chi connectivity index (χ2v) is 52.6. The zero-order chi connectivity index (χ0) is 104. The van der Waals surface area contributed by atoms with Gasteiger partial charge in [-0.15, -0.1) is 64.0 Å². The van der Waals surface area contributed by atoms with Gasteiger partial charge in [0.1, 0.15) is 11.5 Å². The Kier molecular flexibility index (Phi) is 81.7. The largest absolute Gasteiger partial charge is 0.789 e. The van der Waals surface area contributed by atoms with Gasteiger partial charge in [0.25, 0.3) is 0 Å². The molecular formula is C113H130Ni4O2S24-16. The fourth-order valence-electron chi connectivity index (χ4n) is 11.2. The summed E-state index contributed by atoms with van der Waals surface area (Å²) in [7, 11) is 0. The Hall–Kier alpha value is -1.99. The van der Waals surface area contributed by atoms with E-state index in [1.165, 1.54) is 33.2 Å². The summed E-state index contributed by atoms with van der Waals surface area (Å²) in [5.41, 5.74) is 13.6. The molecule has 2 nitrogen and oxygen atoms in total. The van der Waals surface area contributed by atoms with Crippen LogP contribution in [0.25, 0.3) is 29.4 Å². The number of ether oxygens (including phenoxy) is 2. The molecule has 0 amide bonds. The van der Waals surface area contributed by atoms with Crippen LogP contribution >= 0.6 is 94.1 Å². The quantitative estimate of drug-likeness (QED) is 0.0161. The summed E-state index contributed by atoms with van der Waals surface area (Å²) in [5, 5.41) is 5.21. The molecule has 0 aliphatic rings. The van der Waals surface area contributed by atoms with E-state index in [2.05, 4.69) is 248 Å². The molecule has 0 aliphatic heterocycles. The van der Waals surface area contributed by atoms with Gasteiger partial charge in [0, 0.05) is 107 Å². The first kappa shape index (κ1) is 143. The number of rotatable bonds is 36. The molecule has 0 spiro atoms. The van der Waals surface area contributed by atoms with Crippen LogP contribution in [0.5, 0.6) is 11.5 Å². The van der Waals surface area contributed by atoms with Crippen molar-refractivity contribution in [1.29, 1.82) is 0 Å². The maximum absolute atomic E-state index is 5.89. The van der Waals surface area contributed by atoms with E-state index in [1.807, 2.05) is 153 Å². The van der Waals surface area contributed by atoms with E-state index in [0.717, 1.165) is 156 Å². The Morgan fingerprint density at radius 2 is 0.497 bits per heavy atom. The van der Waals surface area contributed by atoms with E-state index >= 15 is 0 Å². The van der Waals surface area contributed by atoms with Crippen LogP contribution in [0.3, 0.4) is 0 Å². The van der Waals surface area contributed by atoms with Crippen molar-refractivity contribution in [1.82, 2.24) is 0 Å². The van der Waals surface area contributed by atoms with Gasteiger partial charge in [-0.05, 0) is 205 Å². The molecule has 30 heteroatoms. The Morgan fingerprint density at radius 3 is 0.755 bits per heavy atom. The smallest absolute Gasteiger partial charge is 0.124 e. The van der Waals surface area contributed by atoms with Crippen molar-refractivity contribution in [2.45, 2.75) is 236 Å². The summed E-state index contributed by atoms with van der Waals surface area (Å²) in [5.74, 6) is 4.63. The van der Waals surface area contributed by atoms with Crippen LogP contribution in [0.2, 0.25) is 0 Å². The molecule has 0 bridgehead atoms.